The summed E-state index contributed by atoms with van der Waals surface area (Å²) in [6.07, 6.45) is 4.17. The van der Waals surface area contributed by atoms with Crippen LogP contribution in [0.1, 0.15) is 39.5 Å². The van der Waals surface area contributed by atoms with Gasteiger partial charge in [0.25, 0.3) is 0 Å². The Labute approximate surface area is 105 Å². The summed E-state index contributed by atoms with van der Waals surface area (Å²) < 4.78 is 10.8. The molecule has 2 atom stereocenters. The molecule has 0 aromatic heterocycles. The van der Waals surface area contributed by atoms with Crippen molar-refractivity contribution in [3.63, 3.8) is 0 Å². The van der Waals surface area contributed by atoms with Crippen molar-refractivity contribution in [1.29, 1.82) is 0 Å². The number of ether oxygens (including phenoxy) is 2. The van der Waals surface area contributed by atoms with Crippen molar-refractivity contribution in [2.45, 2.75) is 57.2 Å². The summed E-state index contributed by atoms with van der Waals surface area (Å²) in [5, 5.41) is 13.0. The summed E-state index contributed by atoms with van der Waals surface area (Å²) in [5.41, 5.74) is -0.125. The molecular weight excluding hydrogens is 218 g/mol. The van der Waals surface area contributed by atoms with Crippen molar-refractivity contribution in [3.8, 4) is 0 Å². The van der Waals surface area contributed by atoms with Crippen molar-refractivity contribution in [3.05, 3.63) is 0 Å². The summed E-state index contributed by atoms with van der Waals surface area (Å²) >= 11 is 0. The smallest absolute Gasteiger partial charge is 0.0614 e. The van der Waals surface area contributed by atoms with Crippen LogP contribution in [-0.4, -0.2) is 49.7 Å². The molecule has 4 heteroatoms. The van der Waals surface area contributed by atoms with Gasteiger partial charge in [0.15, 0.2) is 0 Å². The number of nitrogens with one attached hydrogen (secondary N) is 1. The lowest BCUT2D eigenvalue weighted by molar-refractivity contribution is 0.0341. The van der Waals surface area contributed by atoms with Gasteiger partial charge in [-0.25, -0.2) is 0 Å². The molecule has 0 bridgehead atoms. The Morgan fingerprint density at radius 2 is 2.18 bits per heavy atom. The molecule has 1 fully saturated rings. The van der Waals surface area contributed by atoms with Gasteiger partial charge >= 0.3 is 0 Å². The lowest BCUT2D eigenvalue weighted by atomic mass is 9.97. The van der Waals surface area contributed by atoms with E-state index in [1.54, 1.807) is 7.11 Å². The van der Waals surface area contributed by atoms with Crippen molar-refractivity contribution in [1.82, 2.24) is 5.32 Å². The van der Waals surface area contributed by atoms with Gasteiger partial charge in [0.1, 0.15) is 0 Å². The quantitative estimate of drug-likeness (QED) is 0.633. The van der Waals surface area contributed by atoms with Crippen molar-refractivity contribution >= 4 is 0 Å². The molecule has 0 aromatic rings. The van der Waals surface area contributed by atoms with Crippen LogP contribution in [0.2, 0.25) is 0 Å². The Bertz CT molecular complexity index is 211. The summed E-state index contributed by atoms with van der Waals surface area (Å²) in [6, 6.07) is 0.398. The Morgan fingerprint density at radius 1 is 1.41 bits per heavy atom. The third-order valence-electron chi connectivity index (χ3n) is 3.31. The first-order chi connectivity index (χ1) is 8.12. The molecule has 2 N–H and O–H groups in total. The SMILES string of the molecule is COCCCOC1CCC(CO)(NC(C)C)C1. The van der Waals surface area contributed by atoms with Crippen LogP contribution in [-0.2, 0) is 9.47 Å². The second-order valence-electron chi connectivity index (χ2n) is 5.32. The molecule has 0 saturated heterocycles. The zero-order chi connectivity index (χ0) is 12.7. The minimum atomic E-state index is -0.125. The van der Waals surface area contributed by atoms with Crippen LogP contribution in [0.15, 0.2) is 0 Å². The zero-order valence-electron chi connectivity index (χ0n) is 11.4. The second-order valence-corrected chi connectivity index (χ2v) is 5.32. The van der Waals surface area contributed by atoms with E-state index >= 15 is 0 Å². The minimum absolute atomic E-state index is 0.125. The molecule has 0 aliphatic heterocycles. The molecule has 17 heavy (non-hydrogen) atoms. The molecule has 102 valence electrons. The maximum absolute atomic E-state index is 9.55. The van der Waals surface area contributed by atoms with Gasteiger partial charge in [-0.05, 0) is 25.7 Å². The second kappa shape index (κ2) is 7.31. The molecule has 0 radical (unpaired) electrons. The van der Waals surface area contributed by atoms with Gasteiger partial charge in [0.05, 0.1) is 12.7 Å². The fraction of sp³-hybridized carbons (Fsp3) is 1.00. The third-order valence-corrected chi connectivity index (χ3v) is 3.31. The average molecular weight is 245 g/mol. The number of hydrogen-bond acceptors (Lipinski definition) is 4. The van der Waals surface area contributed by atoms with Crippen LogP contribution in [0.25, 0.3) is 0 Å². The van der Waals surface area contributed by atoms with E-state index in [0.29, 0.717) is 6.04 Å². The minimum Gasteiger partial charge on any atom is -0.394 e. The van der Waals surface area contributed by atoms with Gasteiger partial charge in [0.2, 0.25) is 0 Å². The molecule has 1 rings (SSSR count). The summed E-state index contributed by atoms with van der Waals surface area (Å²) in [4.78, 5) is 0. The maximum atomic E-state index is 9.55. The van der Waals surface area contributed by atoms with E-state index in [0.717, 1.165) is 38.9 Å². The highest BCUT2D eigenvalue weighted by atomic mass is 16.5. The van der Waals surface area contributed by atoms with Gasteiger partial charge in [-0.15, -0.1) is 0 Å². The molecule has 0 spiro atoms. The molecule has 0 amide bonds. The highest BCUT2D eigenvalue weighted by molar-refractivity contribution is 4.97. The van der Waals surface area contributed by atoms with Crippen LogP contribution in [0.5, 0.6) is 0 Å². The molecule has 1 aliphatic carbocycles. The van der Waals surface area contributed by atoms with Crippen molar-refractivity contribution in [2.24, 2.45) is 0 Å². The van der Waals surface area contributed by atoms with E-state index in [1.165, 1.54) is 0 Å². The zero-order valence-corrected chi connectivity index (χ0v) is 11.4. The topological polar surface area (TPSA) is 50.7 Å². The van der Waals surface area contributed by atoms with Gasteiger partial charge in [0, 0.05) is 31.9 Å². The number of rotatable bonds is 8. The van der Waals surface area contributed by atoms with Gasteiger partial charge in [-0.2, -0.15) is 0 Å². The van der Waals surface area contributed by atoms with Crippen LogP contribution in [0.3, 0.4) is 0 Å². The van der Waals surface area contributed by atoms with E-state index < -0.39 is 0 Å². The van der Waals surface area contributed by atoms with Gasteiger partial charge in [-0.3, -0.25) is 0 Å². The number of aliphatic hydroxyl groups excluding tert-OH is 1. The van der Waals surface area contributed by atoms with Gasteiger partial charge in [-0.1, -0.05) is 13.8 Å². The van der Waals surface area contributed by atoms with Crippen molar-refractivity contribution in [2.75, 3.05) is 26.9 Å². The van der Waals surface area contributed by atoms with Crippen LogP contribution < -0.4 is 5.32 Å². The first kappa shape index (κ1) is 14.9. The molecular formula is C13H27NO3. The Kier molecular flexibility index (Phi) is 6.41. The molecule has 4 nitrogen and oxygen atoms in total. The van der Waals surface area contributed by atoms with Crippen LogP contribution in [0.4, 0.5) is 0 Å². The van der Waals surface area contributed by atoms with Crippen LogP contribution in [0, 0.1) is 0 Å². The molecule has 1 saturated carbocycles. The lowest BCUT2D eigenvalue weighted by Gasteiger charge is -2.31. The number of hydrogen-bond donors (Lipinski definition) is 2. The van der Waals surface area contributed by atoms with E-state index in [-0.39, 0.29) is 18.2 Å². The van der Waals surface area contributed by atoms with E-state index in [2.05, 4.69) is 19.2 Å². The summed E-state index contributed by atoms with van der Waals surface area (Å²) in [5.74, 6) is 0. The Morgan fingerprint density at radius 3 is 2.76 bits per heavy atom. The standard InChI is InChI=1S/C13H27NO3/c1-11(2)14-13(10-15)6-5-12(9-13)17-8-4-7-16-3/h11-12,14-15H,4-10H2,1-3H3. The number of aliphatic hydroxyl groups is 1. The Hall–Kier alpha value is -0.160. The average Bonchev–Trinajstić information content (AvgIpc) is 2.68. The molecule has 0 aromatic carbocycles. The Balaban J connectivity index is 2.28. The highest BCUT2D eigenvalue weighted by Crippen LogP contribution is 2.32. The molecule has 1 aliphatic rings. The third kappa shape index (κ3) is 4.92. The lowest BCUT2D eigenvalue weighted by Crippen LogP contribution is -2.50. The van der Waals surface area contributed by atoms with Crippen molar-refractivity contribution < 1.29 is 14.6 Å². The predicted molar refractivity (Wildman–Crippen MR) is 68.2 cm³/mol. The first-order valence-electron chi connectivity index (χ1n) is 6.61. The summed E-state index contributed by atoms with van der Waals surface area (Å²) in [6.45, 7) is 5.93. The van der Waals surface area contributed by atoms with E-state index in [1.807, 2.05) is 0 Å². The molecule has 2 unspecified atom stereocenters. The highest BCUT2D eigenvalue weighted by Gasteiger charge is 2.39. The number of methoxy groups -OCH3 is 1. The van der Waals surface area contributed by atoms with Crippen LogP contribution >= 0.6 is 0 Å². The van der Waals surface area contributed by atoms with E-state index in [9.17, 15) is 5.11 Å². The van der Waals surface area contributed by atoms with E-state index in [4.69, 9.17) is 9.47 Å². The fourth-order valence-corrected chi connectivity index (χ4v) is 2.61. The largest absolute Gasteiger partial charge is 0.394 e. The predicted octanol–water partition coefficient (Wildman–Crippen LogP) is 1.32. The normalized spacial score (nSPS) is 29.1. The fourth-order valence-electron chi connectivity index (χ4n) is 2.61. The first-order valence-corrected chi connectivity index (χ1v) is 6.61. The molecule has 0 heterocycles. The monoisotopic (exact) mass is 245 g/mol. The van der Waals surface area contributed by atoms with Gasteiger partial charge < -0.3 is 19.9 Å². The summed E-state index contributed by atoms with van der Waals surface area (Å²) in [7, 11) is 1.71. The maximum Gasteiger partial charge on any atom is 0.0614 e.